The number of rotatable bonds is 5. The van der Waals surface area contributed by atoms with Crippen LogP contribution in [0.15, 0.2) is 53.7 Å². The summed E-state index contributed by atoms with van der Waals surface area (Å²) < 4.78 is 10.1. The fourth-order valence-electron chi connectivity index (χ4n) is 1.98. The van der Waals surface area contributed by atoms with Gasteiger partial charge in [0.05, 0.1) is 14.2 Å². The van der Waals surface area contributed by atoms with Gasteiger partial charge in [-0.05, 0) is 42.0 Å². The van der Waals surface area contributed by atoms with Crippen molar-refractivity contribution in [2.75, 3.05) is 14.2 Å². The lowest BCUT2D eigenvalue weighted by atomic mass is 9.99. The first kappa shape index (κ1) is 14.9. The van der Waals surface area contributed by atoms with Gasteiger partial charge >= 0.3 is 0 Å². The number of aliphatic hydroxyl groups is 1. The zero-order valence-electron chi connectivity index (χ0n) is 11.9. The van der Waals surface area contributed by atoms with Gasteiger partial charge in [0, 0.05) is 5.56 Å². The normalized spacial score (nSPS) is 12.8. The average molecular weight is 287 g/mol. The third-order valence-electron chi connectivity index (χ3n) is 3.18. The number of nitrogens with zero attached hydrogens (tertiary/aromatic N) is 1. The molecule has 2 aromatic carbocycles. The number of ether oxygens (including phenoxy) is 2. The molecule has 0 fully saturated rings. The minimum atomic E-state index is -1.03. The van der Waals surface area contributed by atoms with Gasteiger partial charge < -0.3 is 19.8 Å². The molecule has 5 heteroatoms. The summed E-state index contributed by atoms with van der Waals surface area (Å²) >= 11 is 0. The van der Waals surface area contributed by atoms with Crippen molar-refractivity contribution in [2.45, 2.75) is 6.10 Å². The summed E-state index contributed by atoms with van der Waals surface area (Å²) in [5.74, 6) is 1.38. The number of hydrogen-bond acceptors (Lipinski definition) is 5. The van der Waals surface area contributed by atoms with Gasteiger partial charge in [-0.2, -0.15) is 0 Å². The third-order valence-corrected chi connectivity index (χ3v) is 3.18. The summed E-state index contributed by atoms with van der Waals surface area (Å²) in [5.41, 5.74) is 1.39. The van der Waals surface area contributed by atoms with E-state index in [1.807, 2.05) is 0 Å². The van der Waals surface area contributed by atoms with Crippen molar-refractivity contribution < 1.29 is 19.8 Å². The van der Waals surface area contributed by atoms with Crippen LogP contribution in [-0.4, -0.2) is 30.2 Å². The molecule has 110 valence electrons. The average Bonchev–Trinajstić information content (AvgIpc) is 2.56. The molecule has 0 amide bonds. The smallest absolute Gasteiger partial charge is 0.125 e. The molecule has 0 heterocycles. The summed E-state index contributed by atoms with van der Waals surface area (Å²) in [6, 6.07) is 13.8. The van der Waals surface area contributed by atoms with Gasteiger partial charge in [-0.15, -0.1) is 0 Å². The van der Waals surface area contributed by atoms with Gasteiger partial charge in [0.1, 0.15) is 23.3 Å². The molecule has 2 N–H and O–H groups in total. The van der Waals surface area contributed by atoms with E-state index in [0.717, 1.165) is 0 Å². The summed E-state index contributed by atoms with van der Waals surface area (Å²) in [4.78, 5) is 0. The van der Waals surface area contributed by atoms with Crippen LogP contribution in [0.2, 0.25) is 0 Å². The third kappa shape index (κ3) is 3.32. The Balaban J connectivity index is 2.26. The highest BCUT2D eigenvalue weighted by Gasteiger charge is 2.18. The van der Waals surface area contributed by atoms with Crippen LogP contribution in [0.3, 0.4) is 0 Å². The maximum atomic E-state index is 10.4. The fourth-order valence-corrected chi connectivity index (χ4v) is 1.98. The van der Waals surface area contributed by atoms with Crippen molar-refractivity contribution >= 4 is 5.71 Å². The van der Waals surface area contributed by atoms with Crippen molar-refractivity contribution in [1.82, 2.24) is 0 Å². The van der Waals surface area contributed by atoms with Crippen molar-refractivity contribution in [2.24, 2.45) is 5.16 Å². The Hall–Kier alpha value is -2.53. The lowest BCUT2D eigenvalue weighted by Crippen LogP contribution is -2.13. The van der Waals surface area contributed by atoms with E-state index in [1.54, 1.807) is 62.8 Å². The second-order valence-corrected chi connectivity index (χ2v) is 4.39. The number of benzene rings is 2. The van der Waals surface area contributed by atoms with E-state index in [4.69, 9.17) is 9.47 Å². The molecule has 1 unspecified atom stereocenters. The topological polar surface area (TPSA) is 71.3 Å². The summed E-state index contributed by atoms with van der Waals surface area (Å²) in [6.07, 6.45) is -1.03. The van der Waals surface area contributed by atoms with E-state index in [1.165, 1.54) is 0 Å². The monoisotopic (exact) mass is 287 g/mol. The van der Waals surface area contributed by atoms with Crippen LogP contribution < -0.4 is 9.47 Å². The lowest BCUT2D eigenvalue weighted by Gasteiger charge is -2.14. The van der Waals surface area contributed by atoms with E-state index in [0.29, 0.717) is 22.6 Å². The molecule has 2 rings (SSSR count). The van der Waals surface area contributed by atoms with Gasteiger partial charge in [-0.3, -0.25) is 0 Å². The largest absolute Gasteiger partial charge is 0.497 e. The number of hydrogen-bond donors (Lipinski definition) is 2. The van der Waals surface area contributed by atoms with E-state index in [9.17, 15) is 10.3 Å². The molecule has 0 aliphatic rings. The molecule has 0 saturated carbocycles. The molecule has 5 nitrogen and oxygen atoms in total. The van der Waals surface area contributed by atoms with E-state index in [-0.39, 0.29) is 5.71 Å². The molecule has 0 saturated heterocycles. The van der Waals surface area contributed by atoms with Crippen molar-refractivity contribution in [3.05, 3.63) is 59.7 Å². The predicted molar refractivity (Wildman–Crippen MR) is 79.3 cm³/mol. The first-order chi connectivity index (χ1) is 10.2. The zero-order chi connectivity index (χ0) is 15.2. The summed E-state index contributed by atoms with van der Waals surface area (Å²) in [6.45, 7) is 0. The Labute approximate surface area is 123 Å². The highest BCUT2D eigenvalue weighted by Crippen LogP contribution is 2.23. The quantitative estimate of drug-likeness (QED) is 0.504. The highest BCUT2D eigenvalue weighted by atomic mass is 16.5. The van der Waals surface area contributed by atoms with Crippen LogP contribution in [0.1, 0.15) is 17.2 Å². The first-order valence-corrected chi connectivity index (χ1v) is 6.38. The fraction of sp³-hybridized carbons (Fsp3) is 0.188. The number of methoxy groups -OCH3 is 2. The van der Waals surface area contributed by atoms with Crippen molar-refractivity contribution in [3.63, 3.8) is 0 Å². The molecule has 0 spiro atoms. The minimum absolute atomic E-state index is 0.169. The first-order valence-electron chi connectivity index (χ1n) is 6.38. The van der Waals surface area contributed by atoms with Gasteiger partial charge in [-0.1, -0.05) is 17.3 Å². The van der Waals surface area contributed by atoms with Gasteiger partial charge in [-0.25, -0.2) is 0 Å². The Kier molecular flexibility index (Phi) is 4.79. The Bertz CT molecular complexity index is 605. The molecular formula is C16H17NO4. The van der Waals surface area contributed by atoms with Crippen LogP contribution in [-0.2, 0) is 0 Å². The van der Waals surface area contributed by atoms with E-state index >= 15 is 0 Å². The standard InChI is InChI=1S/C16H17NO4/c1-20-13-7-3-11(4-8-13)15(17-19)16(18)12-5-9-14(21-2)10-6-12/h3-10,16,18-19H,1-2H3. The van der Waals surface area contributed by atoms with Crippen LogP contribution in [0.5, 0.6) is 11.5 Å². The molecule has 0 aliphatic heterocycles. The molecule has 21 heavy (non-hydrogen) atoms. The van der Waals surface area contributed by atoms with E-state index in [2.05, 4.69) is 5.16 Å². The Morgan fingerprint density at radius 3 is 1.81 bits per heavy atom. The van der Waals surface area contributed by atoms with Crippen LogP contribution >= 0.6 is 0 Å². The molecular weight excluding hydrogens is 270 g/mol. The van der Waals surface area contributed by atoms with Crippen molar-refractivity contribution in [1.29, 1.82) is 0 Å². The maximum absolute atomic E-state index is 10.4. The van der Waals surface area contributed by atoms with Crippen LogP contribution in [0.4, 0.5) is 0 Å². The van der Waals surface area contributed by atoms with Crippen LogP contribution in [0, 0.1) is 0 Å². The predicted octanol–water partition coefficient (Wildman–Crippen LogP) is 2.62. The molecule has 0 aliphatic carbocycles. The lowest BCUT2D eigenvalue weighted by molar-refractivity contribution is 0.235. The van der Waals surface area contributed by atoms with Gasteiger partial charge in [0.25, 0.3) is 0 Å². The zero-order valence-corrected chi connectivity index (χ0v) is 11.9. The molecule has 1 atom stereocenters. The van der Waals surface area contributed by atoms with Crippen molar-refractivity contribution in [3.8, 4) is 11.5 Å². The Morgan fingerprint density at radius 1 is 0.905 bits per heavy atom. The maximum Gasteiger partial charge on any atom is 0.125 e. The molecule has 0 bridgehead atoms. The minimum Gasteiger partial charge on any atom is -0.497 e. The SMILES string of the molecule is COc1ccc(C(=NO)C(O)c2ccc(OC)cc2)cc1. The second kappa shape index (κ2) is 6.76. The summed E-state index contributed by atoms with van der Waals surface area (Å²) in [7, 11) is 3.14. The van der Waals surface area contributed by atoms with Gasteiger partial charge in [0.2, 0.25) is 0 Å². The number of aliphatic hydroxyl groups excluding tert-OH is 1. The Morgan fingerprint density at radius 2 is 1.38 bits per heavy atom. The summed E-state index contributed by atoms with van der Waals surface area (Å²) in [5, 5.41) is 22.8. The highest BCUT2D eigenvalue weighted by molar-refractivity contribution is 6.03. The number of oxime groups is 1. The molecule has 2 aromatic rings. The molecule has 0 radical (unpaired) electrons. The van der Waals surface area contributed by atoms with Crippen LogP contribution in [0.25, 0.3) is 0 Å². The van der Waals surface area contributed by atoms with Gasteiger partial charge in [0.15, 0.2) is 0 Å². The van der Waals surface area contributed by atoms with E-state index < -0.39 is 6.10 Å². The molecule has 0 aromatic heterocycles. The second-order valence-electron chi connectivity index (χ2n) is 4.39.